The number of para-hydroxylation sites is 2. The Labute approximate surface area is 155 Å². The fourth-order valence-electron chi connectivity index (χ4n) is 2.88. The SMILES string of the molecule is CCn1c(SC(C)C(=O)Nc2ccc3c(c2)OCO3)nc2ccccc21. The fourth-order valence-corrected chi connectivity index (χ4v) is 3.87. The van der Waals surface area contributed by atoms with Gasteiger partial charge in [0.1, 0.15) is 0 Å². The van der Waals surface area contributed by atoms with Gasteiger partial charge in [0, 0.05) is 18.3 Å². The molecule has 0 aliphatic carbocycles. The zero-order valence-corrected chi connectivity index (χ0v) is 15.4. The highest BCUT2D eigenvalue weighted by Gasteiger charge is 2.20. The molecule has 3 aromatic rings. The fraction of sp³-hybridized carbons (Fsp3) is 0.263. The molecule has 7 heteroatoms. The van der Waals surface area contributed by atoms with E-state index in [2.05, 4.69) is 21.8 Å². The van der Waals surface area contributed by atoms with Crippen LogP contribution in [0.2, 0.25) is 0 Å². The topological polar surface area (TPSA) is 65.4 Å². The normalized spacial score (nSPS) is 13.8. The maximum atomic E-state index is 12.6. The molecule has 0 bridgehead atoms. The summed E-state index contributed by atoms with van der Waals surface area (Å²) >= 11 is 1.46. The van der Waals surface area contributed by atoms with Crippen LogP contribution in [0.25, 0.3) is 11.0 Å². The van der Waals surface area contributed by atoms with E-state index >= 15 is 0 Å². The van der Waals surface area contributed by atoms with Gasteiger partial charge in [0.15, 0.2) is 16.7 Å². The number of nitrogens with one attached hydrogen (secondary N) is 1. The second kappa shape index (κ2) is 6.92. The number of rotatable bonds is 5. The first kappa shape index (κ1) is 16.8. The number of aromatic nitrogens is 2. The largest absolute Gasteiger partial charge is 0.454 e. The number of hydrogen-bond donors (Lipinski definition) is 1. The molecular formula is C19H19N3O3S. The van der Waals surface area contributed by atoms with Crippen LogP contribution in [0.3, 0.4) is 0 Å². The van der Waals surface area contributed by atoms with E-state index in [1.54, 1.807) is 12.1 Å². The summed E-state index contributed by atoms with van der Waals surface area (Å²) in [6.45, 7) is 4.98. The Bertz CT molecular complexity index is 970. The molecule has 1 aliphatic rings. The number of carbonyl (C=O) groups excluding carboxylic acids is 1. The minimum absolute atomic E-state index is 0.0800. The lowest BCUT2D eigenvalue weighted by Gasteiger charge is -2.13. The second-order valence-corrected chi connectivity index (χ2v) is 7.25. The van der Waals surface area contributed by atoms with Gasteiger partial charge in [-0.1, -0.05) is 23.9 Å². The summed E-state index contributed by atoms with van der Waals surface area (Å²) < 4.78 is 12.8. The van der Waals surface area contributed by atoms with E-state index < -0.39 is 0 Å². The lowest BCUT2D eigenvalue weighted by Crippen LogP contribution is -2.22. The number of fused-ring (bicyclic) bond motifs is 2. The number of carbonyl (C=O) groups is 1. The third-order valence-corrected chi connectivity index (χ3v) is 5.32. The molecule has 6 nitrogen and oxygen atoms in total. The van der Waals surface area contributed by atoms with Crippen molar-refractivity contribution in [1.82, 2.24) is 9.55 Å². The number of ether oxygens (including phenoxy) is 2. The van der Waals surface area contributed by atoms with E-state index in [0.717, 1.165) is 22.7 Å². The lowest BCUT2D eigenvalue weighted by molar-refractivity contribution is -0.115. The Hall–Kier alpha value is -2.67. The maximum absolute atomic E-state index is 12.6. The van der Waals surface area contributed by atoms with Crippen LogP contribution in [0.15, 0.2) is 47.6 Å². The third kappa shape index (κ3) is 3.10. The number of thioether (sulfide) groups is 1. The lowest BCUT2D eigenvalue weighted by atomic mass is 10.2. The van der Waals surface area contributed by atoms with Gasteiger partial charge in [0.25, 0.3) is 0 Å². The van der Waals surface area contributed by atoms with E-state index in [0.29, 0.717) is 17.2 Å². The molecule has 1 aliphatic heterocycles. The number of imidazole rings is 1. The Balaban J connectivity index is 1.49. The van der Waals surface area contributed by atoms with Crippen molar-refractivity contribution in [3.63, 3.8) is 0 Å². The molecule has 134 valence electrons. The summed E-state index contributed by atoms with van der Waals surface area (Å²) in [7, 11) is 0. The molecule has 1 atom stereocenters. The van der Waals surface area contributed by atoms with E-state index in [1.165, 1.54) is 11.8 Å². The third-order valence-electron chi connectivity index (χ3n) is 4.23. The van der Waals surface area contributed by atoms with Crippen LogP contribution in [0, 0.1) is 0 Å². The number of nitrogens with zero attached hydrogens (tertiary/aromatic N) is 2. The van der Waals surface area contributed by atoms with Crippen molar-refractivity contribution in [2.24, 2.45) is 0 Å². The number of amides is 1. The van der Waals surface area contributed by atoms with Crippen LogP contribution in [0.4, 0.5) is 5.69 Å². The van der Waals surface area contributed by atoms with Crippen LogP contribution < -0.4 is 14.8 Å². The van der Waals surface area contributed by atoms with Gasteiger partial charge >= 0.3 is 0 Å². The molecule has 1 N–H and O–H groups in total. The van der Waals surface area contributed by atoms with Gasteiger partial charge in [0.05, 0.1) is 16.3 Å². The molecule has 4 rings (SSSR count). The highest BCUT2D eigenvalue weighted by molar-refractivity contribution is 8.00. The summed E-state index contributed by atoms with van der Waals surface area (Å²) in [5, 5.41) is 3.49. The Morgan fingerprint density at radius 2 is 2.08 bits per heavy atom. The van der Waals surface area contributed by atoms with Gasteiger partial charge in [-0.2, -0.15) is 0 Å². The van der Waals surface area contributed by atoms with E-state index in [9.17, 15) is 4.79 Å². The Morgan fingerprint density at radius 1 is 1.27 bits per heavy atom. The van der Waals surface area contributed by atoms with Gasteiger partial charge in [-0.3, -0.25) is 4.79 Å². The summed E-state index contributed by atoms with van der Waals surface area (Å²) in [6.07, 6.45) is 0. The van der Waals surface area contributed by atoms with Crippen molar-refractivity contribution in [2.75, 3.05) is 12.1 Å². The van der Waals surface area contributed by atoms with Gasteiger partial charge in [-0.05, 0) is 38.1 Å². The van der Waals surface area contributed by atoms with Crippen LogP contribution in [0.1, 0.15) is 13.8 Å². The first-order chi connectivity index (χ1) is 12.7. The average molecular weight is 369 g/mol. The molecular weight excluding hydrogens is 350 g/mol. The Morgan fingerprint density at radius 3 is 2.92 bits per heavy atom. The average Bonchev–Trinajstić information content (AvgIpc) is 3.24. The van der Waals surface area contributed by atoms with Crippen molar-refractivity contribution in [3.8, 4) is 11.5 Å². The molecule has 0 saturated carbocycles. The molecule has 1 unspecified atom stereocenters. The first-order valence-corrected chi connectivity index (χ1v) is 9.36. The predicted octanol–water partition coefficient (Wildman–Crippen LogP) is 3.90. The highest BCUT2D eigenvalue weighted by atomic mass is 32.2. The number of aryl methyl sites for hydroxylation is 1. The first-order valence-electron chi connectivity index (χ1n) is 8.48. The summed E-state index contributed by atoms with van der Waals surface area (Å²) in [5.74, 6) is 1.27. The smallest absolute Gasteiger partial charge is 0.237 e. The molecule has 0 saturated heterocycles. The molecule has 0 radical (unpaired) electrons. The maximum Gasteiger partial charge on any atom is 0.237 e. The minimum atomic E-state index is -0.289. The van der Waals surface area contributed by atoms with Crippen molar-refractivity contribution in [3.05, 3.63) is 42.5 Å². The van der Waals surface area contributed by atoms with E-state index in [1.807, 2.05) is 37.3 Å². The monoisotopic (exact) mass is 369 g/mol. The van der Waals surface area contributed by atoms with Crippen molar-refractivity contribution in [2.45, 2.75) is 30.8 Å². The van der Waals surface area contributed by atoms with Gasteiger partial charge in [0.2, 0.25) is 12.7 Å². The standard InChI is InChI=1S/C19H19N3O3S/c1-3-22-15-7-5-4-6-14(15)21-19(22)26-12(2)18(23)20-13-8-9-16-17(10-13)25-11-24-16/h4-10,12H,3,11H2,1-2H3,(H,20,23). The predicted molar refractivity (Wildman–Crippen MR) is 102 cm³/mol. The zero-order valence-electron chi connectivity index (χ0n) is 14.6. The quantitative estimate of drug-likeness (QED) is 0.691. The number of benzene rings is 2. The van der Waals surface area contributed by atoms with Gasteiger partial charge in [-0.25, -0.2) is 4.98 Å². The minimum Gasteiger partial charge on any atom is -0.454 e. The van der Waals surface area contributed by atoms with Gasteiger partial charge in [-0.15, -0.1) is 0 Å². The number of hydrogen-bond acceptors (Lipinski definition) is 5. The van der Waals surface area contributed by atoms with Gasteiger partial charge < -0.3 is 19.4 Å². The van der Waals surface area contributed by atoms with E-state index in [4.69, 9.17) is 9.47 Å². The van der Waals surface area contributed by atoms with Crippen LogP contribution in [0.5, 0.6) is 11.5 Å². The highest BCUT2D eigenvalue weighted by Crippen LogP contribution is 2.34. The van der Waals surface area contributed by atoms with E-state index in [-0.39, 0.29) is 18.0 Å². The second-order valence-electron chi connectivity index (χ2n) is 5.94. The molecule has 2 aromatic carbocycles. The van der Waals surface area contributed by atoms with Crippen molar-refractivity contribution >= 4 is 34.4 Å². The summed E-state index contributed by atoms with van der Waals surface area (Å²) in [4.78, 5) is 17.3. The molecule has 2 heterocycles. The number of anilines is 1. The molecule has 1 aromatic heterocycles. The van der Waals surface area contributed by atoms with Crippen LogP contribution >= 0.6 is 11.8 Å². The molecule has 1 amide bonds. The zero-order chi connectivity index (χ0) is 18.1. The molecule has 0 fully saturated rings. The van der Waals surface area contributed by atoms with Crippen molar-refractivity contribution in [1.29, 1.82) is 0 Å². The van der Waals surface area contributed by atoms with Crippen LogP contribution in [-0.4, -0.2) is 27.5 Å². The van der Waals surface area contributed by atoms with Crippen molar-refractivity contribution < 1.29 is 14.3 Å². The Kier molecular flexibility index (Phi) is 4.46. The summed E-state index contributed by atoms with van der Waals surface area (Å²) in [5.41, 5.74) is 2.72. The molecule has 0 spiro atoms. The van der Waals surface area contributed by atoms with Crippen LogP contribution in [-0.2, 0) is 11.3 Å². The summed E-state index contributed by atoms with van der Waals surface area (Å²) in [6, 6.07) is 13.4. The molecule has 26 heavy (non-hydrogen) atoms.